The highest BCUT2D eigenvalue weighted by Gasteiger charge is 2.26. The van der Waals surface area contributed by atoms with E-state index in [0.29, 0.717) is 35.1 Å². The summed E-state index contributed by atoms with van der Waals surface area (Å²) in [7, 11) is 6.33. The van der Waals surface area contributed by atoms with E-state index in [0.717, 1.165) is 24.1 Å². The molecule has 2 aromatic carbocycles. The van der Waals surface area contributed by atoms with Crippen LogP contribution in [0.3, 0.4) is 0 Å². The maximum Gasteiger partial charge on any atom is 0.258 e. The molecule has 1 heterocycles. The number of carbonyl (C=O) groups is 1. The van der Waals surface area contributed by atoms with Crippen LogP contribution < -0.4 is 23.8 Å². The Hall–Kier alpha value is -2.89. The number of carbonyl (C=O) groups excluding carboxylic acids is 1. The molecular formula is C20H23NO5. The molecule has 0 aliphatic carbocycles. The van der Waals surface area contributed by atoms with Crippen molar-refractivity contribution in [2.45, 2.75) is 12.8 Å². The molecule has 26 heavy (non-hydrogen) atoms. The molecule has 0 saturated carbocycles. The molecule has 3 rings (SSSR count). The molecule has 0 spiro atoms. The smallest absolute Gasteiger partial charge is 0.258 e. The monoisotopic (exact) mass is 357 g/mol. The summed E-state index contributed by atoms with van der Waals surface area (Å²) < 4.78 is 21.3. The summed E-state index contributed by atoms with van der Waals surface area (Å²) >= 11 is 0. The second kappa shape index (κ2) is 7.56. The number of ether oxygens (including phenoxy) is 4. The Kier molecular flexibility index (Phi) is 5.21. The minimum atomic E-state index is -0.0841. The van der Waals surface area contributed by atoms with Crippen LogP contribution >= 0.6 is 0 Å². The van der Waals surface area contributed by atoms with Crippen LogP contribution in [-0.4, -0.2) is 40.9 Å². The summed E-state index contributed by atoms with van der Waals surface area (Å²) in [5, 5.41) is 0. The number of benzene rings is 2. The van der Waals surface area contributed by atoms with Gasteiger partial charge in [0, 0.05) is 18.2 Å². The fraction of sp³-hybridized carbons (Fsp3) is 0.350. The lowest BCUT2D eigenvalue weighted by Gasteiger charge is -2.30. The minimum Gasteiger partial charge on any atom is -0.493 e. The van der Waals surface area contributed by atoms with Gasteiger partial charge in [0.25, 0.3) is 5.91 Å². The van der Waals surface area contributed by atoms with Crippen LogP contribution in [0.1, 0.15) is 22.3 Å². The lowest BCUT2D eigenvalue weighted by atomic mass is 9.99. The van der Waals surface area contributed by atoms with Crippen LogP contribution in [0.25, 0.3) is 0 Å². The van der Waals surface area contributed by atoms with E-state index in [1.54, 1.807) is 51.5 Å². The average Bonchev–Trinajstić information content (AvgIpc) is 2.70. The van der Waals surface area contributed by atoms with Gasteiger partial charge >= 0.3 is 0 Å². The molecular weight excluding hydrogens is 334 g/mol. The van der Waals surface area contributed by atoms with E-state index < -0.39 is 0 Å². The fourth-order valence-corrected chi connectivity index (χ4v) is 3.25. The van der Waals surface area contributed by atoms with Crippen molar-refractivity contribution in [3.63, 3.8) is 0 Å². The lowest BCUT2D eigenvalue weighted by Crippen LogP contribution is -2.35. The third-order valence-electron chi connectivity index (χ3n) is 4.58. The zero-order chi connectivity index (χ0) is 18.7. The van der Waals surface area contributed by atoms with E-state index in [4.69, 9.17) is 18.9 Å². The number of hydrogen-bond acceptors (Lipinski definition) is 5. The number of amides is 1. The van der Waals surface area contributed by atoms with Crippen molar-refractivity contribution in [2.24, 2.45) is 0 Å². The van der Waals surface area contributed by atoms with Crippen LogP contribution in [0.2, 0.25) is 0 Å². The van der Waals surface area contributed by atoms with Crippen molar-refractivity contribution in [1.29, 1.82) is 0 Å². The summed E-state index contributed by atoms with van der Waals surface area (Å²) in [6, 6.07) is 9.01. The molecule has 0 fully saturated rings. The number of fused-ring (bicyclic) bond motifs is 1. The molecule has 0 radical (unpaired) electrons. The number of anilines is 1. The van der Waals surface area contributed by atoms with Crippen molar-refractivity contribution in [3.05, 3.63) is 41.5 Å². The van der Waals surface area contributed by atoms with Crippen molar-refractivity contribution >= 4 is 11.6 Å². The molecule has 0 N–H and O–H groups in total. The predicted molar refractivity (Wildman–Crippen MR) is 99.1 cm³/mol. The highest BCUT2D eigenvalue weighted by molar-refractivity contribution is 6.07. The first-order valence-corrected chi connectivity index (χ1v) is 8.41. The van der Waals surface area contributed by atoms with Gasteiger partial charge in [-0.2, -0.15) is 0 Å². The van der Waals surface area contributed by atoms with Gasteiger partial charge in [0.2, 0.25) is 0 Å². The summed E-state index contributed by atoms with van der Waals surface area (Å²) in [5.41, 5.74) is 2.47. The van der Waals surface area contributed by atoms with Crippen LogP contribution in [0.15, 0.2) is 30.3 Å². The van der Waals surface area contributed by atoms with Gasteiger partial charge in [-0.25, -0.2) is 0 Å². The zero-order valence-electron chi connectivity index (χ0n) is 15.5. The zero-order valence-corrected chi connectivity index (χ0v) is 15.5. The second-order valence-electron chi connectivity index (χ2n) is 5.97. The third kappa shape index (κ3) is 3.14. The Morgan fingerprint density at radius 1 is 0.846 bits per heavy atom. The highest BCUT2D eigenvalue weighted by atomic mass is 16.5. The van der Waals surface area contributed by atoms with E-state index in [1.165, 1.54) is 0 Å². The summed E-state index contributed by atoms with van der Waals surface area (Å²) in [6.07, 6.45) is 1.78. The Balaban J connectivity index is 2.00. The molecule has 1 aliphatic rings. The highest BCUT2D eigenvalue weighted by Crippen LogP contribution is 2.39. The standard InChI is InChI=1S/C20H23NO5/c1-23-16-8-7-14(11-17(16)24-2)20(22)21-9-5-6-13-10-18(25-3)19(26-4)12-15(13)21/h7-8,10-12H,5-6,9H2,1-4H3. The summed E-state index contributed by atoms with van der Waals surface area (Å²) in [5.74, 6) is 2.32. The number of nitrogens with zero attached hydrogens (tertiary/aromatic N) is 1. The minimum absolute atomic E-state index is 0.0841. The van der Waals surface area contributed by atoms with E-state index in [2.05, 4.69) is 0 Å². The number of rotatable bonds is 5. The molecule has 0 unspecified atom stereocenters. The average molecular weight is 357 g/mol. The Morgan fingerprint density at radius 2 is 1.46 bits per heavy atom. The fourth-order valence-electron chi connectivity index (χ4n) is 3.25. The summed E-state index contributed by atoms with van der Waals surface area (Å²) in [6.45, 7) is 0.648. The van der Waals surface area contributed by atoms with Crippen LogP contribution in [-0.2, 0) is 6.42 Å². The molecule has 6 nitrogen and oxygen atoms in total. The Labute approximate surface area is 153 Å². The van der Waals surface area contributed by atoms with Crippen LogP contribution in [0.5, 0.6) is 23.0 Å². The quantitative estimate of drug-likeness (QED) is 0.822. The molecule has 0 atom stereocenters. The molecule has 1 aliphatic heterocycles. The van der Waals surface area contributed by atoms with Crippen molar-refractivity contribution in [3.8, 4) is 23.0 Å². The van der Waals surface area contributed by atoms with Gasteiger partial charge in [0.05, 0.1) is 34.1 Å². The van der Waals surface area contributed by atoms with Gasteiger partial charge in [-0.15, -0.1) is 0 Å². The largest absolute Gasteiger partial charge is 0.493 e. The number of methoxy groups -OCH3 is 4. The third-order valence-corrected chi connectivity index (χ3v) is 4.58. The van der Waals surface area contributed by atoms with Crippen molar-refractivity contribution in [1.82, 2.24) is 0 Å². The van der Waals surface area contributed by atoms with E-state index >= 15 is 0 Å². The summed E-state index contributed by atoms with van der Waals surface area (Å²) in [4.78, 5) is 14.9. The van der Waals surface area contributed by atoms with Crippen molar-refractivity contribution < 1.29 is 23.7 Å². The topological polar surface area (TPSA) is 57.2 Å². The lowest BCUT2D eigenvalue weighted by molar-refractivity contribution is 0.0984. The first kappa shape index (κ1) is 17.9. The first-order valence-electron chi connectivity index (χ1n) is 8.41. The Morgan fingerprint density at radius 3 is 2.12 bits per heavy atom. The molecule has 2 aromatic rings. The first-order chi connectivity index (χ1) is 12.6. The molecule has 0 bridgehead atoms. The molecule has 0 aromatic heterocycles. The van der Waals surface area contributed by atoms with Crippen LogP contribution in [0.4, 0.5) is 5.69 Å². The maximum absolute atomic E-state index is 13.1. The predicted octanol–water partition coefficient (Wildman–Crippen LogP) is 3.31. The normalized spacial score (nSPS) is 13.0. The Bertz CT molecular complexity index is 818. The van der Waals surface area contributed by atoms with Gasteiger partial charge in [0.1, 0.15) is 0 Å². The van der Waals surface area contributed by atoms with Gasteiger partial charge in [0.15, 0.2) is 23.0 Å². The van der Waals surface area contributed by atoms with Gasteiger partial charge in [-0.1, -0.05) is 0 Å². The van der Waals surface area contributed by atoms with Crippen molar-refractivity contribution in [2.75, 3.05) is 39.9 Å². The maximum atomic E-state index is 13.1. The molecule has 1 amide bonds. The van der Waals surface area contributed by atoms with E-state index in [-0.39, 0.29) is 5.91 Å². The van der Waals surface area contributed by atoms with Gasteiger partial charge in [-0.3, -0.25) is 4.79 Å². The second-order valence-corrected chi connectivity index (χ2v) is 5.97. The molecule has 6 heteroatoms. The van der Waals surface area contributed by atoms with Gasteiger partial charge < -0.3 is 23.8 Å². The molecule has 0 saturated heterocycles. The molecule has 138 valence electrons. The SMILES string of the molecule is COc1ccc(C(=O)N2CCCc3cc(OC)c(OC)cc32)cc1OC. The van der Waals surface area contributed by atoms with Crippen LogP contribution in [0, 0.1) is 0 Å². The number of hydrogen-bond donors (Lipinski definition) is 0. The van der Waals surface area contributed by atoms with E-state index in [1.807, 2.05) is 12.1 Å². The van der Waals surface area contributed by atoms with E-state index in [9.17, 15) is 4.79 Å². The van der Waals surface area contributed by atoms with Gasteiger partial charge in [-0.05, 0) is 42.7 Å². The number of aryl methyl sites for hydroxylation is 1.